The molecule has 0 unspecified atom stereocenters. The van der Waals surface area contributed by atoms with Gasteiger partial charge in [-0.1, -0.05) is 35.3 Å². The number of ether oxygens (including phenoxy) is 3. The minimum atomic E-state index is -0.665. The van der Waals surface area contributed by atoms with Gasteiger partial charge in [-0.15, -0.1) is 0 Å². The first-order valence-corrected chi connectivity index (χ1v) is 12.8. The minimum Gasteiger partial charge on any atom is -0.490 e. The first-order valence-electron chi connectivity index (χ1n) is 11.2. The Kier molecular flexibility index (Phi) is 8.65. The number of carbonyl (C=O) groups is 3. The van der Waals surface area contributed by atoms with E-state index in [1.54, 1.807) is 18.2 Å². The average molecular weight is 624 g/mol. The number of furan rings is 1. The van der Waals surface area contributed by atoms with Gasteiger partial charge >= 0.3 is 12.0 Å². The van der Waals surface area contributed by atoms with Crippen LogP contribution in [-0.4, -0.2) is 36.5 Å². The second-order valence-electron chi connectivity index (χ2n) is 7.91. The highest BCUT2D eigenvalue weighted by atomic mass is 79.9. The van der Waals surface area contributed by atoms with Crippen molar-refractivity contribution in [1.29, 1.82) is 0 Å². The number of nitrogens with zero attached hydrogens (tertiary/aromatic N) is 1. The zero-order chi connectivity index (χ0) is 27.4. The van der Waals surface area contributed by atoms with Crippen molar-refractivity contribution in [3.8, 4) is 11.5 Å². The van der Waals surface area contributed by atoms with E-state index in [-0.39, 0.29) is 35.4 Å². The van der Waals surface area contributed by atoms with Crippen LogP contribution in [0.1, 0.15) is 34.4 Å². The number of hydrogen-bond acceptors (Lipinski definition) is 7. The van der Waals surface area contributed by atoms with E-state index in [4.69, 9.17) is 37.1 Å². The molecular formula is C26H21BrCl2N2O7. The van der Waals surface area contributed by atoms with Gasteiger partial charge in [-0.3, -0.25) is 9.69 Å². The molecule has 1 N–H and O–H groups in total. The number of nitrogens with one attached hydrogen (secondary N) is 1. The highest BCUT2D eigenvalue weighted by molar-refractivity contribution is 9.10. The summed E-state index contributed by atoms with van der Waals surface area (Å²) in [5.41, 5.74) is 1.38. The van der Waals surface area contributed by atoms with Crippen LogP contribution < -0.4 is 14.8 Å². The van der Waals surface area contributed by atoms with Crippen LogP contribution in [0.25, 0.3) is 6.08 Å². The fourth-order valence-corrected chi connectivity index (χ4v) is 4.33. The number of hydrogen-bond donors (Lipinski definition) is 1. The van der Waals surface area contributed by atoms with E-state index in [0.29, 0.717) is 33.2 Å². The van der Waals surface area contributed by atoms with Gasteiger partial charge < -0.3 is 23.9 Å². The van der Waals surface area contributed by atoms with Crippen LogP contribution >= 0.6 is 39.1 Å². The number of urea groups is 1. The summed E-state index contributed by atoms with van der Waals surface area (Å²) in [6.45, 7) is 2.20. The van der Waals surface area contributed by atoms with Gasteiger partial charge in [0.1, 0.15) is 23.1 Å². The van der Waals surface area contributed by atoms with Crippen molar-refractivity contribution in [3.63, 3.8) is 0 Å². The number of esters is 1. The monoisotopic (exact) mass is 622 g/mol. The Morgan fingerprint density at radius 2 is 1.87 bits per heavy atom. The van der Waals surface area contributed by atoms with Crippen LogP contribution in [0, 0.1) is 0 Å². The smallest absolute Gasteiger partial charge is 0.373 e. The topological polar surface area (TPSA) is 107 Å². The Labute approximate surface area is 236 Å². The van der Waals surface area contributed by atoms with Crippen molar-refractivity contribution in [2.24, 2.45) is 0 Å². The third-order valence-electron chi connectivity index (χ3n) is 5.38. The predicted octanol–water partition coefficient (Wildman–Crippen LogP) is 6.21. The van der Waals surface area contributed by atoms with Gasteiger partial charge in [0.15, 0.2) is 11.5 Å². The van der Waals surface area contributed by atoms with Crippen molar-refractivity contribution in [3.05, 3.63) is 85.3 Å². The van der Waals surface area contributed by atoms with Crippen molar-refractivity contribution in [2.45, 2.75) is 20.1 Å². The molecule has 0 bridgehead atoms. The van der Waals surface area contributed by atoms with Crippen molar-refractivity contribution in [1.82, 2.24) is 10.2 Å². The zero-order valence-corrected chi connectivity index (χ0v) is 23.3. The summed E-state index contributed by atoms with van der Waals surface area (Å²) < 4.78 is 22.1. The maximum Gasteiger partial charge on any atom is 0.373 e. The first-order chi connectivity index (χ1) is 18.2. The summed E-state index contributed by atoms with van der Waals surface area (Å²) in [4.78, 5) is 38.1. The zero-order valence-electron chi connectivity index (χ0n) is 20.2. The van der Waals surface area contributed by atoms with Gasteiger partial charge in [0, 0.05) is 9.50 Å². The van der Waals surface area contributed by atoms with Crippen molar-refractivity contribution >= 4 is 63.1 Å². The molecule has 1 aliphatic rings. The van der Waals surface area contributed by atoms with E-state index in [9.17, 15) is 14.4 Å². The van der Waals surface area contributed by atoms with Crippen molar-refractivity contribution < 1.29 is 33.0 Å². The Morgan fingerprint density at radius 3 is 2.55 bits per heavy atom. The summed E-state index contributed by atoms with van der Waals surface area (Å²) in [6, 6.07) is 11.1. The second kappa shape index (κ2) is 11.9. The molecule has 0 radical (unpaired) electrons. The normalized spacial score (nSPS) is 14.1. The molecule has 12 heteroatoms. The van der Waals surface area contributed by atoms with Gasteiger partial charge in [-0.05, 0) is 70.4 Å². The van der Waals surface area contributed by atoms with Gasteiger partial charge in [0.25, 0.3) is 5.91 Å². The molecule has 0 spiro atoms. The summed E-state index contributed by atoms with van der Waals surface area (Å²) in [6.07, 6.45) is 1.48. The predicted molar refractivity (Wildman–Crippen MR) is 143 cm³/mol. The van der Waals surface area contributed by atoms with Crippen LogP contribution in [-0.2, 0) is 22.7 Å². The quantitative estimate of drug-likeness (QED) is 0.172. The summed E-state index contributed by atoms with van der Waals surface area (Å²) in [5, 5.41) is 3.39. The maximum absolute atomic E-state index is 13.0. The second-order valence-corrected chi connectivity index (χ2v) is 9.51. The molecule has 2 aromatic carbocycles. The Bertz CT molecular complexity index is 1420. The van der Waals surface area contributed by atoms with Crippen LogP contribution in [0.4, 0.5) is 4.79 Å². The Hall–Kier alpha value is -3.47. The number of amides is 3. The summed E-state index contributed by atoms with van der Waals surface area (Å²) in [5.74, 6) is -0.372. The molecule has 3 amide bonds. The highest BCUT2D eigenvalue weighted by Gasteiger charge is 2.35. The molecule has 1 aromatic heterocycles. The number of methoxy groups -OCH3 is 1. The Balaban J connectivity index is 1.57. The van der Waals surface area contributed by atoms with E-state index in [0.717, 1.165) is 10.5 Å². The minimum absolute atomic E-state index is 0.0174. The molecule has 1 aliphatic heterocycles. The standard InChI is InChI=1S/C26H21BrCl2N2O7/c1-3-36-20-11-15(21(27)22(29)23(20)37-13-14-4-6-16(28)7-5-14)10-18-24(32)31(26(34)30-18)12-17-8-9-19(38-17)25(33)35-2/h4-11H,3,12-13H2,1-2H3,(H,30,34)/b18-10-. The van der Waals surface area contributed by atoms with E-state index in [1.165, 1.54) is 25.3 Å². The molecular weight excluding hydrogens is 603 g/mol. The SMILES string of the molecule is CCOc1cc(/C=C2\NC(=O)N(Cc3ccc(C(=O)OC)o3)C2=O)c(Br)c(Cl)c1OCc1ccc(Cl)cc1. The molecule has 1 fully saturated rings. The van der Waals surface area contributed by atoms with Gasteiger partial charge in [0.05, 0.1) is 20.3 Å². The molecule has 0 atom stereocenters. The van der Waals surface area contributed by atoms with Crippen LogP contribution in [0.5, 0.6) is 11.5 Å². The average Bonchev–Trinajstić information content (AvgIpc) is 3.48. The molecule has 2 heterocycles. The van der Waals surface area contributed by atoms with Crippen LogP contribution in [0.2, 0.25) is 10.0 Å². The lowest BCUT2D eigenvalue weighted by Crippen LogP contribution is -2.30. The molecule has 3 aromatic rings. The van der Waals surface area contributed by atoms with Crippen LogP contribution in [0.3, 0.4) is 0 Å². The number of carbonyl (C=O) groups excluding carboxylic acids is 3. The van der Waals surface area contributed by atoms with Gasteiger partial charge in [-0.25, -0.2) is 9.59 Å². The summed E-state index contributed by atoms with van der Waals surface area (Å²) >= 11 is 16.0. The fraction of sp³-hybridized carbons (Fsp3) is 0.192. The summed E-state index contributed by atoms with van der Waals surface area (Å²) in [7, 11) is 1.22. The number of benzene rings is 2. The first kappa shape index (κ1) is 27.6. The van der Waals surface area contributed by atoms with Gasteiger partial charge in [0.2, 0.25) is 5.76 Å². The number of rotatable bonds is 9. The van der Waals surface area contributed by atoms with Crippen molar-refractivity contribution in [2.75, 3.05) is 13.7 Å². The molecule has 9 nitrogen and oxygen atoms in total. The van der Waals surface area contributed by atoms with E-state index in [2.05, 4.69) is 26.0 Å². The maximum atomic E-state index is 13.0. The Morgan fingerprint density at radius 1 is 1.13 bits per heavy atom. The number of halogens is 3. The molecule has 0 aliphatic carbocycles. The third kappa shape index (κ3) is 5.98. The lowest BCUT2D eigenvalue weighted by Gasteiger charge is -2.16. The number of imide groups is 1. The molecule has 198 valence electrons. The van der Waals surface area contributed by atoms with E-state index in [1.807, 2.05) is 19.1 Å². The van der Waals surface area contributed by atoms with Gasteiger partial charge in [-0.2, -0.15) is 0 Å². The molecule has 1 saturated heterocycles. The highest BCUT2D eigenvalue weighted by Crippen LogP contribution is 2.44. The fourth-order valence-electron chi connectivity index (χ4n) is 3.54. The third-order valence-corrected chi connectivity index (χ3v) is 7.07. The van der Waals surface area contributed by atoms with E-state index < -0.39 is 17.9 Å². The largest absolute Gasteiger partial charge is 0.490 e. The molecule has 38 heavy (non-hydrogen) atoms. The lowest BCUT2D eigenvalue weighted by atomic mass is 10.1. The molecule has 4 rings (SSSR count). The molecule has 0 saturated carbocycles. The lowest BCUT2D eigenvalue weighted by molar-refractivity contribution is -0.123. The van der Waals surface area contributed by atoms with Crippen LogP contribution in [0.15, 0.2) is 57.1 Å². The van der Waals surface area contributed by atoms with E-state index >= 15 is 0 Å².